The van der Waals surface area contributed by atoms with Gasteiger partial charge in [0.05, 0.1) is 13.2 Å². The van der Waals surface area contributed by atoms with E-state index in [1.165, 1.54) is 12.1 Å². The second kappa shape index (κ2) is 6.14. The first-order chi connectivity index (χ1) is 11.2. The average molecular weight is 341 g/mol. The number of rotatable bonds is 2. The Kier molecular flexibility index (Phi) is 4.45. The van der Waals surface area contributed by atoms with Crippen molar-refractivity contribution in [3.63, 3.8) is 0 Å². The van der Waals surface area contributed by atoms with Crippen molar-refractivity contribution < 1.29 is 35.4 Å². The number of hydrogen-bond acceptors (Lipinski definition) is 8. The SMILES string of the molecule is C[C@H]1c2cc(O)c(O)cc2CCN1C[C@@]1(O)OC[C@@H](O)[C@@H](O)[C@@H]1O. The minimum Gasteiger partial charge on any atom is -0.504 e. The van der Waals surface area contributed by atoms with Crippen molar-refractivity contribution in [2.45, 2.75) is 43.5 Å². The summed E-state index contributed by atoms with van der Waals surface area (Å²) >= 11 is 0. The van der Waals surface area contributed by atoms with Crippen molar-refractivity contribution in [1.29, 1.82) is 0 Å². The molecule has 5 atom stereocenters. The Hall–Kier alpha value is -1.42. The fourth-order valence-electron chi connectivity index (χ4n) is 3.43. The number of benzene rings is 1. The van der Waals surface area contributed by atoms with E-state index in [2.05, 4.69) is 0 Å². The zero-order valence-electron chi connectivity index (χ0n) is 13.3. The number of phenolic OH excluding ortho intramolecular Hbond substituents is 2. The van der Waals surface area contributed by atoms with Crippen molar-refractivity contribution >= 4 is 0 Å². The Balaban J connectivity index is 1.80. The van der Waals surface area contributed by atoms with Crippen LogP contribution in [0.2, 0.25) is 0 Å². The van der Waals surface area contributed by atoms with Crippen molar-refractivity contribution in [3.8, 4) is 11.5 Å². The van der Waals surface area contributed by atoms with Crippen LogP contribution < -0.4 is 0 Å². The van der Waals surface area contributed by atoms with Crippen LogP contribution in [0, 0.1) is 0 Å². The number of nitrogens with zero attached hydrogens (tertiary/aromatic N) is 1. The summed E-state index contributed by atoms with van der Waals surface area (Å²) in [5.41, 5.74) is 1.72. The predicted octanol–water partition coefficient (Wildman–Crippen LogP) is -1.18. The molecule has 8 nitrogen and oxygen atoms in total. The zero-order chi connectivity index (χ0) is 17.6. The van der Waals surface area contributed by atoms with Crippen LogP contribution in [-0.2, 0) is 11.2 Å². The molecule has 0 aromatic heterocycles. The maximum Gasteiger partial charge on any atom is 0.207 e. The van der Waals surface area contributed by atoms with E-state index in [9.17, 15) is 30.6 Å². The third-order valence-electron chi connectivity index (χ3n) is 5.02. The van der Waals surface area contributed by atoms with Gasteiger partial charge >= 0.3 is 0 Å². The lowest BCUT2D eigenvalue weighted by molar-refractivity contribution is -0.326. The first-order valence-corrected chi connectivity index (χ1v) is 7.92. The van der Waals surface area contributed by atoms with Crippen molar-refractivity contribution in [3.05, 3.63) is 23.3 Å². The molecule has 0 unspecified atom stereocenters. The fraction of sp³-hybridized carbons (Fsp3) is 0.625. The molecule has 1 aromatic rings. The summed E-state index contributed by atoms with van der Waals surface area (Å²) in [5.74, 6) is -2.38. The van der Waals surface area contributed by atoms with Gasteiger partial charge in [-0.1, -0.05) is 0 Å². The molecule has 24 heavy (non-hydrogen) atoms. The molecular weight excluding hydrogens is 318 g/mol. The maximum atomic E-state index is 10.6. The van der Waals surface area contributed by atoms with Crippen LogP contribution in [-0.4, -0.2) is 79.3 Å². The van der Waals surface area contributed by atoms with Gasteiger partial charge in [0, 0.05) is 12.6 Å². The van der Waals surface area contributed by atoms with Gasteiger partial charge in [0.15, 0.2) is 11.5 Å². The highest BCUT2D eigenvalue weighted by Crippen LogP contribution is 2.38. The van der Waals surface area contributed by atoms with Gasteiger partial charge in [-0.25, -0.2) is 0 Å². The number of aromatic hydroxyl groups is 2. The Morgan fingerprint density at radius 1 is 1.21 bits per heavy atom. The summed E-state index contributed by atoms with van der Waals surface area (Å²) in [7, 11) is 0. The monoisotopic (exact) mass is 341 g/mol. The molecule has 0 aliphatic carbocycles. The third kappa shape index (κ3) is 2.85. The average Bonchev–Trinajstić information content (AvgIpc) is 2.54. The van der Waals surface area contributed by atoms with Crippen molar-refractivity contribution in [2.75, 3.05) is 19.7 Å². The van der Waals surface area contributed by atoms with E-state index in [0.717, 1.165) is 11.1 Å². The number of phenols is 2. The summed E-state index contributed by atoms with van der Waals surface area (Å²) in [6.45, 7) is 2.07. The Bertz CT molecular complexity index is 625. The van der Waals surface area contributed by atoms with Crippen LogP contribution in [0.5, 0.6) is 11.5 Å². The summed E-state index contributed by atoms with van der Waals surface area (Å²) < 4.78 is 5.21. The maximum absolute atomic E-state index is 10.6. The lowest BCUT2D eigenvalue weighted by Gasteiger charge is -2.46. The second-order valence-electron chi connectivity index (χ2n) is 6.59. The van der Waals surface area contributed by atoms with Crippen LogP contribution in [0.1, 0.15) is 24.1 Å². The van der Waals surface area contributed by atoms with Crippen molar-refractivity contribution in [2.24, 2.45) is 0 Å². The van der Waals surface area contributed by atoms with Crippen LogP contribution in [0.15, 0.2) is 12.1 Å². The minimum absolute atomic E-state index is 0.0693. The van der Waals surface area contributed by atoms with Gasteiger partial charge in [-0.15, -0.1) is 0 Å². The van der Waals surface area contributed by atoms with Gasteiger partial charge in [-0.2, -0.15) is 0 Å². The Morgan fingerprint density at radius 3 is 2.58 bits per heavy atom. The van der Waals surface area contributed by atoms with Crippen LogP contribution in [0.4, 0.5) is 0 Å². The van der Waals surface area contributed by atoms with Crippen LogP contribution in [0.3, 0.4) is 0 Å². The molecule has 1 saturated heterocycles. The third-order valence-corrected chi connectivity index (χ3v) is 5.02. The highest BCUT2D eigenvalue weighted by molar-refractivity contribution is 5.47. The topological polar surface area (TPSA) is 134 Å². The van der Waals surface area contributed by atoms with Gasteiger partial charge in [-0.3, -0.25) is 4.90 Å². The molecule has 1 fully saturated rings. The first-order valence-electron chi connectivity index (χ1n) is 7.92. The number of β-amino-alcohol motifs (C(OH)–C–C–N with tert-alkyl or cyclic N) is 1. The van der Waals surface area contributed by atoms with Gasteiger partial charge in [0.25, 0.3) is 0 Å². The summed E-state index contributed by atoms with van der Waals surface area (Å²) in [5, 5.41) is 59.3. The molecular formula is C16H23NO7. The number of hydrogen-bond donors (Lipinski definition) is 6. The number of aliphatic hydroxyl groups is 4. The molecule has 8 heteroatoms. The Labute approximate surface area is 139 Å². The lowest BCUT2D eigenvalue weighted by atomic mass is 9.90. The van der Waals surface area contributed by atoms with E-state index < -0.39 is 24.1 Å². The Morgan fingerprint density at radius 2 is 1.88 bits per heavy atom. The molecule has 2 aliphatic heterocycles. The highest BCUT2D eigenvalue weighted by atomic mass is 16.6. The molecule has 0 saturated carbocycles. The molecule has 1 aromatic carbocycles. The van der Waals surface area contributed by atoms with Crippen molar-refractivity contribution in [1.82, 2.24) is 4.90 Å². The minimum atomic E-state index is -2.00. The summed E-state index contributed by atoms with van der Waals surface area (Å²) in [6, 6.07) is 2.81. The quantitative estimate of drug-likeness (QED) is 0.370. The predicted molar refractivity (Wildman–Crippen MR) is 82.4 cm³/mol. The zero-order valence-corrected chi connectivity index (χ0v) is 13.3. The second-order valence-corrected chi connectivity index (χ2v) is 6.59. The largest absolute Gasteiger partial charge is 0.504 e. The fourth-order valence-corrected chi connectivity index (χ4v) is 3.43. The van der Waals surface area contributed by atoms with E-state index >= 15 is 0 Å². The van der Waals surface area contributed by atoms with Crippen LogP contribution in [0.25, 0.3) is 0 Å². The van der Waals surface area contributed by atoms with Gasteiger partial charge in [-0.05, 0) is 36.6 Å². The molecule has 2 heterocycles. The van der Waals surface area contributed by atoms with Gasteiger partial charge < -0.3 is 35.4 Å². The molecule has 0 radical (unpaired) electrons. The number of aliphatic hydroxyl groups excluding tert-OH is 3. The number of ether oxygens (including phenoxy) is 1. The summed E-state index contributed by atoms with van der Waals surface area (Å²) in [4.78, 5) is 1.85. The molecule has 0 bridgehead atoms. The highest BCUT2D eigenvalue weighted by Gasteiger charge is 2.50. The molecule has 3 rings (SSSR count). The summed E-state index contributed by atoms with van der Waals surface area (Å²) in [6.07, 6.45) is -3.79. The van der Waals surface area contributed by atoms with E-state index in [-0.39, 0.29) is 30.7 Å². The first kappa shape index (κ1) is 17.4. The lowest BCUT2D eigenvalue weighted by Crippen LogP contribution is -2.65. The number of fused-ring (bicyclic) bond motifs is 1. The van der Waals surface area contributed by atoms with E-state index in [1.807, 2.05) is 11.8 Å². The normalized spacial score (nSPS) is 37.2. The molecule has 0 amide bonds. The molecule has 0 spiro atoms. The molecule has 6 N–H and O–H groups in total. The molecule has 134 valence electrons. The van der Waals surface area contributed by atoms with Gasteiger partial charge in [0.1, 0.15) is 18.3 Å². The van der Waals surface area contributed by atoms with E-state index in [0.29, 0.717) is 13.0 Å². The van der Waals surface area contributed by atoms with Crippen LogP contribution >= 0.6 is 0 Å². The van der Waals surface area contributed by atoms with Gasteiger partial charge in [0.2, 0.25) is 5.79 Å². The van der Waals surface area contributed by atoms with E-state index in [1.54, 1.807) is 0 Å². The smallest absolute Gasteiger partial charge is 0.207 e. The standard InChI is InChI=1S/C16H23NO7/c1-8-10-5-12(19)11(18)4-9(10)2-3-17(8)7-16(23)15(22)14(21)13(20)6-24-16/h4-5,8,13-15,18-23H,2-3,6-7H2,1H3/t8-,13+,14+,15-,16+/m0/s1. The van der Waals surface area contributed by atoms with E-state index in [4.69, 9.17) is 4.74 Å². The molecule has 2 aliphatic rings.